The van der Waals surface area contributed by atoms with Gasteiger partial charge in [0, 0.05) is 6.04 Å². The Morgan fingerprint density at radius 1 is 1.11 bits per heavy atom. The van der Waals surface area contributed by atoms with E-state index in [0.29, 0.717) is 6.04 Å². The van der Waals surface area contributed by atoms with Crippen molar-refractivity contribution in [2.24, 2.45) is 0 Å². The lowest BCUT2D eigenvalue weighted by Crippen LogP contribution is -2.40. The van der Waals surface area contributed by atoms with Crippen molar-refractivity contribution in [1.82, 2.24) is 10.6 Å². The van der Waals surface area contributed by atoms with Crippen molar-refractivity contribution in [2.45, 2.75) is 25.3 Å². The van der Waals surface area contributed by atoms with Crippen LogP contribution in [0, 0.1) is 5.82 Å². The molecule has 104 valence electrons. The molecule has 0 atom stereocenters. The first-order valence-electron chi connectivity index (χ1n) is 6.03. The monoisotopic (exact) mass is 294 g/mol. The van der Waals surface area contributed by atoms with Gasteiger partial charge in [-0.3, -0.25) is 0 Å². The number of nitrogens with one attached hydrogen (secondary N) is 2. The molecule has 1 aliphatic rings. The van der Waals surface area contributed by atoms with Crippen LogP contribution in [0.2, 0.25) is 0 Å². The minimum absolute atomic E-state index is 0. The zero-order valence-electron chi connectivity index (χ0n) is 10.3. The number of hydrogen-bond acceptors (Lipinski definition) is 2. The molecule has 18 heavy (non-hydrogen) atoms. The molecule has 0 bridgehead atoms. The van der Waals surface area contributed by atoms with Gasteiger partial charge in [0.05, 0.1) is 0 Å². The smallest absolute Gasteiger partial charge is 0.123 e. The lowest BCUT2D eigenvalue weighted by molar-refractivity contribution is 0.389. The predicted octanol–water partition coefficient (Wildman–Crippen LogP) is 2.55. The molecule has 0 amide bonds. The molecular weight excluding hydrogens is 274 g/mol. The second kappa shape index (κ2) is 9.56. The molecule has 1 aromatic carbocycles. The normalized spacial score (nSPS) is 15.6. The Bertz CT molecular complexity index is 313. The second-order valence-electron chi connectivity index (χ2n) is 4.35. The molecule has 2 rings (SSSR count). The Kier molecular flexibility index (Phi) is 9.38. The summed E-state index contributed by atoms with van der Waals surface area (Å²) in [6.07, 6.45) is 3.40. The van der Waals surface area contributed by atoms with Gasteiger partial charge in [-0.15, -0.1) is 24.8 Å². The maximum atomic E-state index is 12.7. The third-order valence-electron chi connectivity index (χ3n) is 3.10. The van der Waals surface area contributed by atoms with E-state index < -0.39 is 0 Å². The van der Waals surface area contributed by atoms with Gasteiger partial charge in [0.1, 0.15) is 5.82 Å². The lowest BCUT2D eigenvalue weighted by Gasteiger charge is -2.23. The summed E-state index contributed by atoms with van der Waals surface area (Å²) >= 11 is 0. The fraction of sp³-hybridized carbons (Fsp3) is 0.538. The Morgan fingerprint density at radius 2 is 1.72 bits per heavy atom. The third kappa shape index (κ3) is 6.01. The molecule has 0 unspecified atom stereocenters. The number of halogens is 3. The first-order valence-corrected chi connectivity index (χ1v) is 6.03. The highest BCUT2D eigenvalue weighted by Crippen LogP contribution is 2.05. The van der Waals surface area contributed by atoms with Crippen molar-refractivity contribution in [2.75, 3.05) is 19.6 Å². The van der Waals surface area contributed by atoms with Crippen molar-refractivity contribution >= 4 is 24.8 Å². The molecule has 1 aromatic rings. The van der Waals surface area contributed by atoms with E-state index in [1.165, 1.54) is 30.5 Å². The molecular formula is C13H21Cl2FN2. The quantitative estimate of drug-likeness (QED) is 0.892. The van der Waals surface area contributed by atoms with E-state index in [9.17, 15) is 4.39 Å². The van der Waals surface area contributed by atoms with Crippen LogP contribution >= 0.6 is 24.8 Å². The molecule has 0 radical (unpaired) electrons. The summed E-state index contributed by atoms with van der Waals surface area (Å²) in [6, 6.07) is 7.43. The molecule has 2 nitrogen and oxygen atoms in total. The van der Waals surface area contributed by atoms with Gasteiger partial charge in [0.25, 0.3) is 0 Å². The number of hydrogen-bond donors (Lipinski definition) is 2. The van der Waals surface area contributed by atoms with Gasteiger partial charge in [-0.25, -0.2) is 4.39 Å². The van der Waals surface area contributed by atoms with Crippen molar-refractivity contribution in [3.05, 3.63) is 35.6 Å². The molecule has 0 saturated carbocycles. The summed E-state index contributed by atoms with van der Waals surface area (Å²) in [7, 11) is 0. The topological polar surface area (TPSA) is 24.1 Å². The summed E-state index contributed by atoms with van der Waals surface area (Å²) in [6.45, 7) is 3.22. The fourth-order valence-electron chi connectivity index (χ4n) is 2.10. The third-order valence-corrected chi connectivity index (χ3v) is 3.10. The molecule has 0 spiro atoms. The minimum Gasteiger partial charge on any atom is -0.317 e. The van der Waals surface area contributed by atoms with E-state index in [1.807, 2.05) is 12.1 Å². The second-order valence-corrected chi connectivity index (χ2v) is 4.35. The maximum absolute atomic E-state index is 12.7. The van der Waals surface area contributed by atoms with Gasteiger partial charge >= 0.3 is 0 Å². The first kappa shape index (κ1) is 17.6. The van der Waals surface area contributed by atoms with Gasteiger partial charge in [0.2, 0.25) is 0 Å². The van der Waals surface area contributed by atoms with Crippen LogP contribution in [0.5, 0.6) is 0 Å². The number of benzene rings is 1. The van der Waals surface area contributed by atoms with Gasteiger partial charge in [-0.05, 0) is 56.6 Å². The number of piperidine rings is 1. The van der Waals surface area contributed by atoms with Crippen LogP contribution in [0.15, 0.2) is 24.3 Å². The van der Waals surface area contributed by atoms with Crippen LogP contribution in [0.4, 0.5) is 4.39 Å². The fourth-order valence-corrected chi connectivity index (χ4v) is 2.10. The highest BCUT2D eigenvalue weighted by molar-refractivity contribution is 5.85. The standard InChI is InChI=1S/C13H19FN2.2ClH/c14-12-3-1-11(2-4-12)5-10-16-13-6-8-15-9-7-13;;/h1-4,13,15-16H,5-10H2;2*1H. The van der Waals surface area contributed by atoms with E-state index >= 15 is 0 Å². The van der Waals surface area contributed by atoms with Crippen LogP contribution < -0.4 is 10.6 Å². The van der Waals surface area contributed by atoms with Crippen molar-refractivity contribution in [1.29, 1.82) is 0 Å². The Hall–Kier alpha value is -0.350. The SMILES string of the molecule is Cl.Cl.Fc1ccc(CCNC2CCNCC2)cc1. The zero-order chi connectivity index (χ0) is 11.2. The van der Waals surface area contributed by atoms with Gasteiger partial charge in [0.15, 0.2) is 0 Å². The molecule has 2 N–H and O–H groups in total. The van der Waals surface area contributed by atoms with E-state index in [1.54, 1.807) is 0 Å². The minimum atomic E-state index is -0.157. The summed E-state index contributed by atoms with van der Waals surface area (Å²) in [4.78, 5) is 0. The van der Waals surface area contributed by atoms with E-state index in [-0.39, 0.29) is 30.6 Å². The van der Waals surface area contributed by atoms with Gasteiger partial charge < -0.3 is 10.6 Å². The van der Waals surface area contributed by atoms with Crippen molar-refractivity contribution in [3.8, 4) is 0 Å². The highest BCUT2D eigenvalue weighted by Gasteiger charge is 2.11. The number of rotatable bonds is 4. The van der Waals surface area contributed by atoms with E-state index in [2.05, 4.69) is 10.6 Å². The first-order chi connectivity index (χ1) is 7.84. The largest absolute Gasteiger partial charge is 0.317 e. The average Bonchev–Trinajstić information content (AvgIpc) is 2.33. The van der Waals surface area contributed by atoms with Gasteiger partial charge in [-0.1, -0.05) is 12.1 Å². The molecule has 5 heteroatoms. The Labute approximate surface area is 121 Å². The zero-order valence-corrected chi connectivity index (χ0v) is 12.0. The van der Waals surface area contributed by atoms with Crippen LogP contribution in [0.3, 0.4) is 0 Å². The van der Waals surface area contributed by atoms with E-state index in [0.717, 1.165) is 26.1 Å². The van der Waals surface area contributed by atoms with Gasteiger partial charge in [-0.2, -0.15) is 0 Å². The molecule has 1 heterocycles. The van der Waals surface area contributed by atoms with Crippen LogP contribution in [0.1, 0.15) is 18.4 Å². The lowest BCUT2D eigenvalue weighted by atomic mass is 10.1. The van der Waals surface area contributed by atoms with Crippen LogP contribution in [-0.2, 0) is 6.42 Å². The molecule has 0 aliphatic carbocycles. The average molecular weight is 295 g/mol. The molecule has 1 saturated heterocycles. The van der Waals surface area contributed by atoms with Crippen LogP contribution in [0.25, 0.3) is 0 Å². The Balaban J connectivity index is 0.00000144. The summed E-state index contributed by atoms with van der Waals surface area (Å²) in [5, 5.41) is 6.90. The summed E-state index contributed by atoms with van der Waals surface area (Å²) < 4.78 is 12.7. The highest BCUT2D eigenvalue weighted by atomic mass is 35.5. The predicted molar refractivity (Wildman–Crippen MR) is 78.5 cm³/mol. The van der Waals surface area contributed by atoms with Crippen molar-refractivity contribution < 1.29 is 4.39 Å². The maximum Gasteiger partial charge on any atom is 0.123 e. The van der Waals surface area contributed by atoms with Crippen LogP contribution in [-0.4, -0.2) is 25.7 Å². The Morgan fingerprint density at radius 3 is 2.33 bits per heavy atom. The molecule has 1 fully saturated rings. The molecule has 0 aromatic heterocycles. The summed E-state index contributed by atoms with van der Waals surface area (Å²) in [5.74, 6) is -0.157. The van der Waals surface area contributed by atoms with E-state index in [4.69, 9.17) is 0 Å². The summed E-state index contributed by atoms with van der Waals surface area (Å²) in [5.41, 5.74) is 1.20. The molecule has 1 aliphatic heterocycles. The van der Waals surface area contributed by atoms with Crippen molar-refractivity contribution in [3.63, 3.8) is 0 Å².